The zero-order chi connectivity index (χ0) is 14.4. The molecule has 0 unspecified atom stereocenters. The molecule has 0 heterocycles. The Hall–Kier alpha value is -1.43. The van der Waals surface area contributed by atoms with Crippen LogP contribution in [0.1, 0.15) is 36.5 Å². The van der Waals surface area contributed by atoms with Gasteiger partial charge in [0.15, 0.2) is 0 Å². The molecule has 0 fully saturated rings. The maximum atomic E-state index is 12.1. The number of hydrogen-bond acceptors (Lipinski definition) is 3. The second kappa shape index (κ2) is 7.23. The molecule has 0 aliphatic carbocycles. The molecule has 0 N–H and O–H groups in total. The topological polar surface area (TPSA) is 63.5 Å². The number of unbranched alkanes of at least 4 members (excludes halogenated alkanes) is 2. The van der Waals surface area contributed by atoms with Gasteiger partial charge in [-0.2, -0.15) is 0 Å². The first-order valence-corrected chi connectivity index (χ1v) is 6.96. The van der Waals surface area contributed by atoms with Crippen molar-refractivity contribution in [2.24, 2.45) is 0 Å². The number of carbonyl (C=O) groups excluding carboxylic acids is 1. The van der Waals surface area contributed by atoms with Crippen LogP contribution in [0.2, 0.25) is 0 Å². The minimum Gasteiger partial charge on any atom is -0.342 e. The fourth-order valence-corrected chi connectivity index (χ4v) is 2.10. The average molecular weight is 329 g/mol. The molecule has 1 amide bonds. The van der Waals surface area contributed by atoms with Gasteiger partial charge in [0.25, 0.3) is 11.6 Å². The Bertz CT molecular complexity index is 477. The van der Waals surface area contributed by atoms with Crippen molar-refractivity contribution >= 4 is 27.5 Å². The minimum absolute atomic E-state index is 0.0900. The molecule has 0 aliphatic heterocycles. The predicted molar refractivity (Wildman–Crippen MR) is 77.3 cm³/mol. The number of halogens is 1. The van der Waals surface area contributed by atoms with Crippen molar-refractivity contribution in [2.45, 2.75) is 26.2 Å². The maximum absolute atomic E-state index is 12.1. The van der Waals surface area contributed by atoms with Crippen LogP contribution >= 0.6 is 15.9 Å². The van der Waals surface area contributed by atoms with E-state index in [9.17, 15) is 14.9 Å². The van der Waals surface area contributed by atoms with Crippen LogP contribution in [-0.2, 0) is 0 Å². The summed E-state index contributed by atoms with van der Waals surface area (Å²) in [5.74, 6) is -0.188. The second-order valence-corrected chi connectivity index (χ2v) is 5.21. The van der Waals surface area contributed by atoms with Crippen molar-refractivity contribution in [1.29, 1.82) is 0 Å². The fourth-order valence-electron chi connectivity index (χ4n) is 1.71. The lowest BCUT2D eigenvalue weighted by molar-refractivity contribution is -0.385. The van der Waals surface area contributed by atoms with Gasteiger partial charge in [0, 0.05) is 25.2 Å². The van der Waals surface area contributed by atoms with E-state index >= 15 is 0 Å². The van der Waals surface area contributed by atoms with E-state index in [1.807, 2.05) is 0 Å². The molecule has 104 valence electrons. The SMILES string of the molecule is CCCCCN(C)C(=O)c1ccc(Br)c([N+](=O)[O-])c1. The second-order valence-electron chi connectivity index (χ2n) is 4.36. The van der Waals surface area contributed by atoms with E-state index in [1.165, 1.54) is 12.1 Å². The predicted octanol–water partition coefficient (Wildman–Crippen LogP) is 3.62. The quantitative estimate of drug-likeness (QED) is 0.455. The Morgan fingerprint density at radius 3 is 2.68 bits per heavy atom. The summed E-state index contributed by atoms with van der Waals surface area (Å²) in [6.07, 6.45) is 3.10. The summed E-state index contributed by atoms with van der Waals surface area (Å²) in [5, 5.41) is 10.8. The zero-order valence-electron chi connectivity index (χ0n) is 11.1. The third-order valence-corrected chi connectivity index (χ3v) is 3.50. The molecular formula is C13H17BrN2O3. The fraction of sp³-hybridized carbons (Fsp3) is 0.462. The smallest absolute Gasteiger partial charge is 0.284 e. The number of nitro groups is 1. The van der Waals surface area contributed by atoms with Crippen LogP contribution in [0.5, 0.6) is 0 Å². The summed E-state index contributed by atoms with van der Waals surface area (Å²) in [7, 11) is 1.71. The number of nitro benzene ring substituents is 1. The van der Waals surface area contributed by atoms with Crippen molar-refractivity contribution in [2.75, 3.05) is 13.6 Å². The number of rotatable bonds is 6. The summed E-state index contributed by atoms with van der Waals surface area (Å²) in [6, 6.07) is 4.43. The minimum atomic E-state index is -0.502. The van der Waals surface area contributed by atoms with E-state index in [2.05, 4.69) is 22.9 Å². The van der Waals surface area contributed by atoms with Gasteiger partial charge in [-0.1, -0.05) is 19.8 Å². The zero-order valence-corrected chi connectivity index (χ0v) is 12.6. The van der Waals surface area contributed by atoms with E-state index in [0.717, 1.165) is 19.3 Å². The maximum Gasteiger partial charge on any atom is 0.284 e. The third kappa shape index (κ3) is 4.31. The third-order valence-electron chi connectivity index (χ3n) is 2.83. The molecule has 1 rings (SSSR count). The molecule has 5 nitrogen and oxygen atoms in total. The first-order chi connectivity index (χ1) is 8.97. The van der Waals surface area contributed by atoms with Crippen LogP contribution in [0, 0.1) is 10.1 Å². The van der Waals surface area contributed by atoms with Crippen molar-refractivity contribution in [3.8, 4) is 0 Å². The van der Waals surface area contributed by atoms with Crippen LogP contribution in [-0.4, -0.2) is 29.3 Å². The molecule has 0 radical (unpaired) electrons. The van der Waals surface area contributed by atoms with Crippen molar-refractivity contribution < 1.29 is 9.72 Å². The van der Waals surface area contributed by atoms with Crippen LogP contribution in [0.3, 0.4) is 0 Å². The van der Waals surface area contributed by atoms with E-state index in [4.69, 9.17) is 0 Å². The molecule has 0 bridgehead atoms. The summed E-state index contributed by atoms with van der Waals surface area (Å²) < 4.78 is 0.377. The lowest BCUT2D eigenvalue weighted by Gasteiger charge is -2.16. The number of benzene rings is 1. The first kappa shape index (κ1) is 15.6. The van der Waals surface area contributed by atoms with Crippen molar-refractivity contribution in [3.05, 3.63) is 38.3 Å². The summed E-state index contributed by atoms with van der Waals surface area (Å²) in [6.45, 7) is 2.76. The highest BCUT2D eigenvalue weighted by molar-refractivity contribution is 9.10. The average Bonchev–Trinajstić information content (AvgIpc) is 2.38. The van der Waals surface area contributed by atoms with Crippen molar-refractivity contribution in [1.82, 2.24) is 4.90 Å². The molecule has 0 atom stereocenters. The van der Waals surface area contributed by atoms with Gasteiger partial charge in [-0.15, -0.1) is 0 Å². The normalized spacial score (nSPS) is 10.3. The standard InChI is InChI=1S/C13H17BrN2O3/c1-3-4-5-8-15(2)13(17)10-6-7-11(14)12(9-10)16(18)19/h6-7,9H,3-5,8H2,1-2H3. The van der Waals surface area contributed by atoms with E-state index < -0.39 is 4.92 Å². The highest BCUT2D eigenvalue weighted by atomic mass is 79.9. The molecule has 0 saturated heterocycles. The molecule has 1 aromatic carbocycles. The number of carbonyl (C=O) groups is 1. The Morgan fingerprint density at radius 2 is 2.11 bits per heavy atom. The summed E-state index contributed by atoms with van der Waals surface area (Å²) in [4.78, 5) is 24.0. The van der Waals surface area contributed by atoms with Gasteiger partial charge in [0.1, 0.15) is 0 Å². The first-order valence-electron chi connectivity index (χ1n) is 6.16. The Labute approximate surface area is 120 Å². The Morgan fingerprint density at radius 1 is 1.42 bits per heavy atom. The van der Waals surface area contributed by atoms with Gasteiger partial charge >= 0.3 is 0 Å². The Kier molecular flexibility index (Phi) is 5.95. The lowest BCUT2D eigenvalue weighted by Crippen LogP contribution is -2.27. The molecule has 0 aliphatic rings. The lowest BCUT2D eigenvalue weighted by atomic mass is 10.1. The van der Waals surface area contributed by atoms with E-state index in [0.29, 0.717) is 16.6 Å². The molecular weight excluding hydrogens is 312 g/mol. The van der Waals surface area contributed by atoms with Crippen LogP contribution < -0.4 is 0 Å². The number of amides is 1. The number of nitrogens with zero attached hydrogens (tertiary/aromatic N) is 2. The Balaban J connectivity index is 2.82. The molecule has 0 aromatic heterocycles. The van der Waals surface area contributed by atoms with Gasteiger partial charge in [-0.3, -0.25) is 14.9 Å². The van der Waals surface area contributed by atoms with E-state index in [1.54, 1.807) is 18.0 Å². The highest BCUT2D eigenvalue weighted by Crippen LogP contribution is 2.26. The molecule has 19 heavy (non-hydrogen) atoms. The monoisotopic (exact) mass is 328 g/mol. The molecule has 0 saturated carbocycles. The summed E-state index contributed by atoms with van der Waals surface area (Å²) >= 11 is 3.10. The highest BCUT2D eigenvalue weighted by Gasteiger charge is 2.18. The molecule has 0 spiro atoms. The van der Waals surface area contributed by atoms with Gasteiger partial charge in [0.2, 0.25) is 0 Å². The largest absolute Gasteiger partial charge is 0.342 e. The van der Waals surface area contributed by atoms with Crippen LogP contribution in [0.25, 0.3) is 0 Å². The van der Waals surface area contributed by atoms with Crippen LogP contribution in [0.15, 0.2) is 22.7 Å². The van der Waals surface area contributed by atoms with E-state index in [-0.39, 0.29) is 11.6 Å². The van der Waals surface area contributed by atoms with Gasteiger partial charge in [-0.25, -0.2) is 0 Å². The molecule has 6 heteroatoms. The van der Waals surface area contributed by atoms with Gasteiger partial charge in [0.05, 0.1) is 9.40 Å². The van der Waals surface area contributed by atoms with Crippen LogP contribution in [0.4, 0.5) is 5.69 Å². The summed E-state index contributed by atoms with van der Waals surface area (Å²) in [5.41, 5.74) is 0.252. The number of hydrogen-bond donors (Lipinski definition) is 0. The van der Waals surface area contributed by atoms with Crippen molar-refractivity contribution in [3.63, 3.8) is 0 Å². The molecule has 1 aromatic rings. The van der Waals surface area contributed by atoms with Gasteiger partial charge < -0.3 is 4.90 Å². The van der Waals surface area contributed by atoms with Gasteiger partial charge in [-0.05, 0) is 34.5 Å².